The molecule has 19 heavy (non-hydrogen) atoms. The molecule has 0 bridgehead atoms. The maximum absolute atomic E-state index is 12.2. The van der Waals surface area contributed by atoms with E-state index in [-0.39, 0.29) is 5.91 Å². The number of aromatic nitrogens is 2. The van der Waals surface area contributed by atoms with Gasteiger partial charge in [0.05, 0.1) is 0 Å². The second kappa shape index (κ2) is 5.94. The Hall–Kier alpha value is -1.05. The number of nitrogens with two attached hydrogens (primary N) is 1. The number of nitrogens with zero attached hydrogens (tertiary/aromatic N) is 2. The molecule has 1 aliphatic rings. The molecule has 2 rings (SSSR count). The van der Waals surface area contributed by atoms with Gasteiger partial charge in [-0.3, -0.25) is 10.1 Å². The first-order chi connectivity index (χ1) is 8.99. The number of ether oxygens (including phenoxy) is 1. The molecule has 0 unspecified atom stereocenters. The first kappa shape index (κ1) is 14.4. The van der Waals surface area contributed by atoms with E-state index < -0.39 is 5.54 Å². The predicted octanol–water partition coefficient (Wildman–Crippen LogP) is 1.18. The quantitative estimate of drug-likeness (QED) is 0.866. The van der Waals surface area contributed by atoms with Crippen LogP contribution in [0.15, 0.2) is 0 Å². The molecule has 1 fully saturated rings. The highest BCUT2D eigenvalue weighted by Crippen LogP contribution is 2.22. The third-order valence-corrected chi connectivity index (χ3v) is 3.97. The normalized spacial score (nSPS) is 18.5. The summed E-state index contributed by atoms with van der Waals surface area (Å²) in [4.78, 5) is 12.2. The number of anilines is 1. The molecule has 1 amide bonds. The van der Waals surface area contributed by atoms with Crippen LogP contribution in [-0.2, 0) is 16.0 Å². The summed E-state index contributed by atoms with van der Waals surface area (Å²) in [5.41, 5.74) is 5.26. The van der Waals surface area contributed by atoms with Gasteiger partial charge < -0.3 is 10.5 Å². The lowest BCUT2D eigenvalue weighted by atomic mass is 9.90. The molecule has 2 heterocycles. The van der Waals surface area contributed by atoms with Gasteiger partial charge in [-0.2, -0.15) is 0 Å². The number of nitrogens with one attached hydrogen (secondary N) is 1. The first-order valence-electron chi connectivity index (χ1n) is 6.50. The van der Waals surface area contributed by atoms with Gasteiger partial charge in [0, 0.05) is 19.6 Å². The Morgan fingerprint density at radius 3 is 2.79 bits per heavy atom. The largest absolute Gasteiger partial charge is 0.381 e. The van der Waals surface area contributed by atoms with Gasteiger partial charge in [-0.1, -0.05) is 25.2 Å². The van der Waals surface area contributed by atoms with Gasteiger partial charge in [0.25, 0.3) is 0 Å². The van der Waals surface area contributed by atoms with E-state index >= 15 is 0 Å². The van der Waals surface area contributed by atoms with E-state index in [0.29, 0.717) is 37.1 Å². The lowest BCUT2D eigenvalue weighted by molar-refractivity contribution is -0.124. The monoisotopic (exact) mass is 284 g/mol. The van der Waals surface area contributed by atoms with E-state index in [1.165, 1.54) is 11.3 Å². The summed E-state index contributed by atoms with van der Waals surface area (Å²) < 4.78 is 5.23. The van der Waals surface area contributed by atoms with E-state index in [9.17, 15) is 4.79 Å². The first-order valence-corrected chi connectivity index (χ1v) is 7.32. The molecule has 1 aromatic heterocycles. The molecular formula is C12H20N4O2S. The van der Waals surface area contributed by atoms with Crippen LogP contribution in [0.3, 0.4) is 0 Å². The fourth-order valence-corrected chi connectivity index (χ4v) is 2.87. The standard InChI is InChI=1S/C12H20N4O2S/c1-8(2)7-9-15-16-11(19-9)14-10(17)12(13)3-5-18-6-4-12/h8H,3-7,13H2,1-2H3,(H,14,16,17). The van der Waals surface area contributed by atoms with Gasteiger partial charge in [-0.15, -0.1) is 10.2 Å². The number of carbonyl (C=O) groups excluding carboxylic acids is 1. The summed E-state index contributed by atoms with van der Waals surface area (Å²) in [5.74, 6) is 0.330. The zero-order valence-corrected chi connectivity index (χ0v) is 12.1. The van der Waals surface area contributed by atoms with Gasteiger partial charge in [-0.25, -0.2) is 0 Å². The Labute approximate surface area is 116 Å². The van der Waals surface area contributed by atoms with E-state index in [2.05, 4.69) is 29.4 Å². The number of carbonyl (C=O) groups is 1. The van der Waals surface area contributed by atoms with Crippen molar-refractivity contribution in [2.75, 3.05) is 18.5 Å². The van der Waals surface area contributed by atoms with Crippen LogP contribution in [-0.4, -0.2) is 34.9 Å². The predicted molar refractivity (Wildman–Crippen MR) is 74.1 cm³/mol. The summed E-state index contributed by atoms with van der Waals surface area (Å²) in [6, 6.07) is 0. The molecule has 106 valence electrons. The number of amides is 1. The number of hydrogen-bond donors (Lipinski definition) is 2. The Balaban J connectivity index is 1.96. The van der Waals surface area contributed by atoms with Crippen LogP contribution >= 0.6 is 11.3 Å². The van der Waals surface area contributed by atoms with Crippen molar-refractivity contribution in [3.8, 4) is 0 Å². The molecule has 6 nitrogen and oxygen atoms in total. The molecule has 3 N–H and O–H groups in total. The van der Waals surface area contributed by atoms with Crippen molar-refractivity contribution in [1.29, 1.82) is 0 Å². The summed E-state index contributed by atoms with van der Waals surface area (Å²) in [6.45, 7) is 5.30. The van der Waals surface area contributed by atoms with Crippen molar-refractivity contribution < 1.29 is 9.53 Å². The third-order valence-electron chi connectivity index (χ3n) is 3.11. The minimum Gasteiger partial charge on any atom is -0.381 e. The van der Waals surface area contributed by atoms with Crippen molar-refractivity contribution in [1.82, 2.24) is 10.2 Å². The minimum atomic E-state index is -0.845. The van der Waals surface area contributed by atoms with Gasteiger partial charge >= 0.3 is 0 Å². The van der Waals surface area contributed by atoms with Crippen LogP contribution < -0.4 is 11.1 Å². The van der Waals surface area contributed by atoms with Crippen LogP contribution in [0.25, 0.3) is 0 Å². The van der Waals surface area contributed by atoms with Crippen LogP contribution in [0.1, 0.15) is 31.7 Å². The Kier molecular flexibility index (Phi) is 4.49. The maximum Gasteiger partial charge on any atom is 0.246 e. The lowest BCUT2D eigenvalue weighted by Crippen LogP contribution is -2.54. The molecule has 0 radical (unpaired) electrons. The van der Waals surface area contributed by atoms with E-state index in [1.54, 1.807) is 0 Å². The summed E-state index contributed by atoms with van der Waals surface area (Å²) in [6.07, 6.45) is 1.95. The minimum absolute atomic E-state index is 0.192. The number of hydrogen-bond acceptors (Lipinski definition) is 6. The maximum atomic E-state index is 12.2. The molecule has 7 heteroatoms. The second-order valence-corrected chi connectivity index (χ2v) is 6.38. The molecule has 0 aromatic carbocycles. The highest BCUT2D eigenvalue weighted by molar-refractivity contribution is 7.15. The fourth-order valence-electron chi connectivity index (χ4n) is 1.92. The summed E-state index contributed by atoms with van der Waals surface area (Å²) >= 11 is 1.41. The average Bonchev–Trinajstić information content (AvgIpc) is 2.76. The topological polar surface area (TPSA) is 90.1 Å². The van der Waals surface area contributed by atoms with Crippen molar-refractivity contribution in [2.45, 2.75) is 38.6 Å². The molecule has 0 atom stereocenters. The second-order valence-electron chi connectivity index (χ2n) is 5.32. The van der Waals surface area contributed by atoms with Crippen molar-refractivity contribution >= 4 is 22.4 Å². The zero-order chi connectivity index (χ0) is 13.9. The van der Waals surface area contributed by atoms with Crippen molar-refractivity contribution in [3.05, 3.63) is 5.01 Å². The van der Waals surface area contributed by atoms with Crippen LogP contribution in [0.5, 0.6) is 0 Å². The Morgan fingerprint density at radius 1 is 1.47 bits per heavy atom. The SMILES string of the molecule is CC(C)Cc1nnc(NC(=O)C2(N)CCOCC2)s1. The third kappa shape index (κ3) is 3.71. The summed E-state index contributed by atoms with van der Waals surface area (Å²) in [7, 11) is 0. The van der Waals surface area contributed by atoms with Gasteiger partial charge in [0.1, 0.15) is 10.5 Å². The Morgan fingerprint density at radius 2 is 2.16 bits per heavy atom. The van der Waals surface area contributed by atoms with Crippen molar-refractivity contribution in [3.63, 3.8) is 0 Å². The molecule has 0 saturated carbocycles. The lowest BCUT2D eigenvalue weighted by Gasteiger charge is -2.31. The molecule has 1 aromatic rings. The van der Waals surface area contributed by atoms with Crippen LogP contribution in [0.2, 0.25) is 0 Å². The molecule has 1 saturated heterocycles. The molecule has 0 aliphatic carbocycles. The van der Waals surface area contributed by atoms with E-state index in [0.717, 1.165) is 11.4 Å². The van der Waals surface area contributed by atoms with Gasteiger partial charge in [0.2, 0.25) is 11.0 Å². The fraction of sp³-hybridized carbons (Fsp3) is 0.750. The zero-order valence-electron chi connectivity index (χ0n) is 11.3. The van der Waals surface area contributed by atoms with Gasteiger partial charge in [0.15, 0.2) is 0 Å². The Bertz CT molecular complexity index is 441. The van der Waals surface area contributed by atoms with Crippen LogP contribution in [0, 0.1) is 5.92 Å². The summed E-state index contributed by atoms with van der Waals surface area (Å²) in [5, 5.41) is 12.3. The van der Waals surface area contributed by atoms with E-state index in [1.807, 2.05) is 0 Å². The van der Waals surface area contributed by atoms with E-state index in [4.69, 9.17) is 10.5 Å². The van der Waals surface area contributed by atoms with Crippen LogP contribution in [0.4, 0.5) is 5.13 Å². The van der Waals surface area contributed by atoms with Crippen molar-refractivity contribution in [2.24, 2.45) is 11.7 Å². The smallest absolute Gasteiger partial charge is 0.246 e. The molecular weight excluding hydrogens is 264 g/mol. The molecule has 1 aliphatic heterocycles. The molecule has 0 spiro atoms. The highest BCUT2D eigenvalue weighted by Gasteiger charge is 2.36. The van der Waals surface area contributed by atoms with Gasteiger partial charge in [-0.05, 0) is 18.8 Å². The average molecular weight is 284 g/mol. The highest BCUT2D eigenvalue weighted by atomic mass is 32.1. The number of rotatable bonds is 4.